The van der Waals surface area contributed by atoms with Gasteiger partial charge in [0.15, 0.2) is 5.13 Å². The van der Waals surface area contributed by atoms with Crippen LogP contribution < -0.4 is 5.32 Å². The molecule has 0 saturated carbocycles. The van der Waals surface area contributed by atoms with Gasteiger partial charge in [-0.1, -0.05) is 28.1 Å². The number of nitrogens with zero attached hydrogens (tertiary/aromatic N) is 1. The smallest absolute Gasteiger partial charge is 0.273 e. The van der Waals surface area contributed by atoms with Gasteiger partial charge in [-0.3, -0.25) is 10.1 Å². The first kappa shape index (κ1) is 13.1. The standard InChI is InChI=1S/C14H10BrN3OS/c15-10-4-1-3-9(7-10)12-8-20-14(17-12)18-13(19)11-5-2-6-16-11/h1-8,16H,(H,17,18,19). The molecule has 2 N–H and O–H groups in total. The number of nitrogens with one attached hydrogen (secondary N) is 2. The van der Waals surface area contributed by atoms with E-state index in [9.17, 15) is 4.79 Å². The van der Waals surface area contributed by atoms with Gasteiger partial charge in [0.1, 0.15) is 5.69 Å². The van der Waals surface area contributed by atoms with Crippen molar-refractivity contribution in [3.05, 3.63) is 58.1 Å². The Bertz CT molecular complexity index is 736. The zero-order valence-electron chi connectivity index (χ0n) is 10.3. The number of hydrogen-bond donors (Lipinski definition) is 2. The molecule has 3 rings (SSSR count). The van der Waals surface area contributed by atoms with Crippen molar-refractivity contribution >= 4 is 38.3 Å². The third kappa shape index (κ3) is 2.81. The summed E-state index contributed by atoms with van der Waals surface area (Å²) in [4.78, 5) is 19.2. The third-order valence-electron chi connectivity index (χ3n) is 2.69. The van der Waals surface area contributed by atoms with Gasteiger partial charge in [-0.25, -0.2) is 4.98 Å². The normalized spacial score (nSPS) is 10.4. The van der Waals surface area contributed by atoms with Crippen LogP contribution in [0.3, 0.4) is 0 Å². The van der Waals surface area contributed by atoms with Gasteiger partial charge < -0.3 is 4.98 Å². The van der Waals surface area contributed by atoms with Gasteiger partial charge in [0.25, 0.3) is 5.91 Å². The lowest BCUT2D eigenvalue weighted by atomic mass is 10.2. The highest BCUT2D eigenvalue weighted by molar-refractivity contribution is 9.10. The fourth-order valence-electron chi connectivity index (χ4n) is 1.75. The third-order valence-corrected chi connectivity index (χ3v) is 3.94. The number of aromatic nitrogens is 2. The number of thiazole rings is 1. The van der Waals surface area contributed by atoms with E-state index in [4.69, 9.17) is 0 Å². The summed E-state index contributed by atoms with van der Waals surface area (Å²) in [5.74, 6) is -0.190. The summed E-state index contributed by atoms with van der Waals surface area (Å²) in [6.07, 6.45) is 1.71. The molecule has 1 aromatic carbocycles. The molecule has 1 amide bonds. The van der Waals surface area contributed by atoms with Crippen LogP contribution in [0.4, 0.5) is 5.13 Å². The summed E-state index contributed by atoms with van der Waals surface area (Å²) in [6, 6.07) is 11.4. The molecular formula is C14H10BrN3OS. The molecule has 2 heterocycles. The lowest BCUT2D eigenvalue weighted by Crippen LogP contribution is -2.11. The first-order chi connectivity index (χ1) is 9.72. The second-order valence-electron chi connectivity index (χ2n) is 4.09. The molecule has 0 radical (unpaired) electrons. The second-order valence-corrected chi connectivity index (χ2v) is 5.86. The van der Waals surface area contributed by atoms with Gasteiger partial charge in [-0.2, -0.15) is 0 Å². The Hall–Kier alpha value is -1.92. The summed E-state index contributed by atoms with van der Waals surface area (Å²) < 4.78 is 1.000. The van der Waals surface area contributed by atoms with Crippen LogP contribution in [0.25, 0.3) is 11.3 Å². The van der Waals surface area contributed by atoms with E-state index in [0.29, 0.717) is 10.8 Å². The molecule has 0 spiro atoms. The number of amides is 1. The predicted octanol–water partition coefficient (Wildman–Crippen LogP) is 4.15. The molecule has 20 heavy (non-hydrogen) atoms. The maximum atomic E-state index is 11.9. The summed E-state index contributed by atoms with van der Waals surface area (Å²) >= 11 is 4.84. The summed E-state index contributed by atoms with van der Waals surface area (Å²) in [7, 11) is 0. The summed E-state index contributed by atoms with van der Waals surface area (Å²) in [5, 5.41) is 5.28. The van der Waals surface area contributed by atoms with Crippen molar-refractivity contribution in [1.82, 2.24) is 9.97 Å². The molecule has 0 unspecified atom stereocenters. The molecule has 0 bridgehead atoms. The van der Waals surface area contributed by atoms with Crippen molar-refractivity contribution < 1.29 is 4.79 Å². The molecule has 0 aliphatic carbocycles. The minimum absolute atomic E-state index is 0.190. The Morgan fingerprint density at radius 2 is 2.20 bits per heavy atom. The van der Waals surface area contributed by atoms with Crippen molar-refractivity contribution in [2.45, 2.75) is 0 Å². The predicted molar refractivity (Wildman–Crippen MR) is 84.0 cm³/mol. The fourth-order valence-corrected chi connectivity index (χ4v) is 2.86. The van der Waals surface area contributed by atoms with Crippen LogP contribution in [0.1, 0.15) is 10.5 Å². The van der Waals surface area contributed by atoms with Crippen LogP contribution in [0.15, 0.2) is 52.4 Å². The number of carbonyl (C=O) groups is 1. The van der Waals surface area contributed by atoms with E-state index in [-0.39, 0.29) is 5.91 Å². The number of halogens is 1. The van der Waals surface area contributed by atoms with E-state index in [1.807, 2.05) is 29.6 Å². The largest absolute Gasteiger partial charge is 0.357 e. The molecule has 0 aliphatic rings. The molecular weight excluding hydrogens is 338 g/mol. The number of carbonyl (C=O) groups excluding carboxylic acids is 1. The van der Waals surface area contributed by atoms with Crippen molar-refractivity contribution in [3.63, 3.8) is 0 Å². The highest BCUT2D eigenvalue weighted by Crippen LogP contribution is 2.27. The molecule has 0 fully saturated rings. The van der Waals surface area contributed by atoms with Crippen LogP contribution >= 0.6 is 27.3 Å². The molecule has 0 atom stereocenters. The molecule has 0 saturated heterocycles. The number of H-pyrrole nitrogens is 1. The van der Waals surface area contributed by atoms with Crippen LogP contribution in [0, 0.1) is 0 Å². The summed E-state index contributed by atoms with van der Waals surface area (Å²) in [5.41, 5.74) is 2.37. The number of anilines is 1. The van der Waals surface area contributed by atoms with E-state index in [0.717, 1.165) is 15.7 Å². The highest BCUT2D eigenvalue weighted by Gasteiger charge is 2.10. The van der Waals surface area contributed by atoms with E-state index >= 15 is 0 Å². The highest BCUT2D eigenvalue weighted by atomic mass is 79.9. The second kappa shape index (κ2) is 5.60. The van der Waals surface area contributed by atoms with Crippen LogP contribution in [0.2, 0.25) is 0 Å². The lowest BCUT2D eigenvalue weighted by molar-refractivity contribution is 0.102. The number of benzene rings is 1. The zero-order chi connectivity index (χ0) is 13.9. The Kier molecular flexibility index (Phi) is 3.66. The Morgan fingerprint density at radius 3 is 2.95 bits per heavy atom. The maximum absolute atomic E-state index is 11.9. The first-order valence-electron chi connectivity index (χ1n) is 5.88. The SMILES string of the molecule is O=C(Nc1nc(-c2cccc(Br)c2)cs1)c1ccc[nH]1. The van der Waals surface area contributed by atoms with Crippen LogP contribution in [-0.2, 0) is 0 Å². The van der Waals surface area contributed by atoms with Gasteiger partial charge in [0, 0.05) is 21.6 Å². The first-order valence-corrected chi connectivity index (χ1v) is 7.56. The minimum atomic E-state index is -0.190. The van der Waals surface area contributed by atoms with Gasteiger partial charge in [-0.15, -0.1) is 11.3 Å². The van der Waals surface area contributed by atoms with Crippen molar-refractivity contribution in [3.8, 4) is 11.3 Å². The zero-order valence-corrected chi connectivity index (χ0v) is 12.7. The van der Waals surface area contributed by atoms with Crippen LogP contribution in [-0.4, -0.2) is 15.9 Å². The average Bonchev–Trinajstić information content (AvgIpc) is 3.10. The number of aromatic amines is 1. The molecule has 0 aliphatic heterocycles. The van der Waals surface area contributed by atoms with E-state index in [2.05, 4.69) is 31.2 Å². The number of hydrogen-bond acceptors (Lipinski definition) is 3. The molecule has 3 aromatic rings. The average molecular weight is 348 g/mol. The van der Waals surface area contributed by atoms with Crippen molar-refractivity contribution in [1.29, 1.82) is 0 Å². The Labute approximate surface area is 128 Å². The van der Waals surface area contributed by atoms with Gasteiger partial charge in [-0.05, 0) is 24.3 Å². The lowest BCUT2D eigenvalue weighted by Gasteiger charge is -1.99. The van der Waals surface area contributed by atoms with E-state index in [1.54, 1.807) is 18.3 Å². The van der Waals surface area contributed by atoms with Crippen molar-refractivity contribution in [2.24, 2.45) is 0 Å². The molecule has 4 nitrogen and oxygen atoms in total. The maximum Gasteiger partial charge on any atom is 0.273 e. The Balaban J connectivity index is 1.79. The Morgan fingerprint density at radius 1 is 1.30 bits per heavy atom. The quantitative estimate of drug-likeness (QED) is 0.747. The van der Waals surface area contributed by atoms with Gasteiger partial charge in [0.2, 0.25) is 0 Å². The molecule has 2 aromatic heterocycles. The monoisotopic (exact) mass is 347 g/mol. The van der Waals surface area contributed by atoms with Crippen molar-refractivity contribution in [2.75, 3.05) is 5.32 Å². The van der Waals surface area contributed by atoms with E-state index in [1.165, 1.54) is 11.3 Å². The van der Waals surface area contributed by atoms with Gasteiger partial charge in [0.05, 0.1) is 5.69 Å². The summed E-state index contributed by atoms with van der Waals surface area (Å²) in [6.45, 7) is 0. The van der Waals surface area contributed by atoms with E-state index < -0.39 is 0 Å². The fraction of sp³-hybridized carbons (Fsp3) is 0. The number of rotatable bonds is 3. The van der Waals surface area contributed by atoms with Crippen LogP contribution in [0.5, 0.6) is 0 Å². The minimum Gasteiger partial charge on any atom is -0.357 e. The topological polar surface area (TPSA) is 57.8 Å². The molecule has 100 valence electrons. The molecule has 6 heteroatoms. The van der Waals surface area contributed by atoms with Gasteiger partial charge >= 0.3 is 0 Å².